The summed E-state index contributed by atoms with van der Waals surface area (Å²) in [6, 6.07) is 6.91. The maximum atomic E-state index is 12.9. The first kappa shape index (κ1) is 14.6. The number of ketones is 1. The minimum Gasteiger partial charge on any atom is -0.299 e. The second-order valence-corrected chi connectivity index (χ2v) is 7.15. The molecule has 2 fully saturated rings. The minimum absolute atomic E-state index is 0.0575. The third-order valence-electron chi connectivity index (χ3n) is 6.11. The molecule has 0 aromatic heterocycles. The Labute approximate surface area is 135 Å². The van der Waals surface area contributed by atoms with Crippen molar-refractivity contribution in [3.05, 3.63) is 52.1 Å². The number of nitro groups is 1. The smallest absolute Gasteiger partial charge is 0.273 e. The fourth-order valence-electron chi connectivity index (χ4n) is 5.17. The standard InChI is InChI=1S/C19H21NO3/c21-19-16-11-10-15(13-7-4-5-9-17(13)20(22)23)18(19)14-8-3-1-2-6-12(14)16/h4-5,7,9-12,14-16,18H,1-3,6,8H2/t12-,14+,15+,16+,18+/m0/s1. The van der Waals surface area contributed by atoms with E-state index in [1.54, 1.807) is 12.1 Å². The summed E-state index contributed by atoms with van der Waals surface area (Å²) in [5.74, 6) is 1.05. The first-order valence-electron chi connectivity index (χ1n) is 8.64. The Bertz CT molecular complexity index is 681. The predicted molar refractivity (Wildman–Crippen MR) is 87.0 cm³/mol. The fourth-order valence-corrected chi connectivity index (χ4v) is 5.17. The molecule has 0 N–H and O–H groups in total. The molecule has 0 spiro atoms. The highest BCUT2D eigenvalue weighted by molar-refractivity contribution is 5.90. The topological polar surface area (TPSA) is 60.2 Å². The molecule has 4 heteroatoms. The molecule has 0 radical (unpaired) electrons. The molecule has 4 nitrogen and oxygen atoms in total. The van der Waals surface area contributed by atoms with E-state index >= 15 is 0 Å². The van der Waals surface area contributed by atoms with Crippen LogP contribution in [-0.2, 0) is 4.79 Å². The first-order valence-corrected chi connectivity index (χ1v) is 8.64. The van der Waals surface area contributed by atoms with E-state index in [1.807, 2.05) is 12.1 Å². The van der Waals surface area contributed by atoms with Gasteiger partial charge >= 0.3 is 0 Å². The summed E-state index contributed by atoms with van der Waals surface area (Å²) in [6.45, 7) is 0. The van der Waals surface area contributed by atoms with Gasteiger partial charge in [0.1, 0.15) is 5.78 Å². The lowest BCUT2D eigenvalue weighted by Crippen LogP contribution is -2.26. The molecular formula is C19H21NO3. The fraction of sp³-hybridized carbons (Fsp3) is 0.526. The predicted octanol–water partition coefficient (Wildman–Crippen LogP) is 4.26. The lowest BCUT2D eigenvalue weighted by molar-refractivity contribution is -0.385. The van der Waals surface area contributed by atoms with Crippen molar-refractivity contribution in [2.45, 2.75) is 38.0 Å². The molecule has 1 aromatic rings. The van der Waals surface area contributed by atoms with Gasteiger partial charge in [0.2, 0.25) is 0 Å². The van der Waals surface area contributed by atoms with Crippen molar-refractivity contribution in [3.8, 4) is 0 Å². The minimum atomic E-state index is -0.320. The summed E-state index contributed by atoms with van der Waals surface area (Å²) in [5.41, 5.74) is 0.848. The van der Waals surface area contributed by atoms with Crippen LogP contribution in [0.1, 0.15) is 43.6 Å². The van der Waals surface area contributed by atoms with Gasteiger partial charge in [0.25, 0.3) is 5.69 Å². The number of Topliss-reactive ketones (excluding diaryl/α,β-unsaturated/α-hetero) is 1. The van der Waals surface area contributed by atoms with E-state index in [1.165, 1.54) is 19.3 Å². The van der Waals surface area contributed by atoms with Gasteiger partial charge < -0.3 is 0 Å². The van der Waals surface area contributed by atoms with Gasteiger partial charge in [0.15, 0.2) is 0 Å². The highest BCUT2D eigenvalue weighted by Gasteiger charge is 2.53. The molecule has 4 rings (SSSR count). The van der Waals surface area contributed by atoms with Gasteiger partial charge in [-0.05, 0) is 24.7 Å². The number of allylic oxidation sites excluding steroid dienone is 2. The normalized spacial score (nSPS) is 35.7. The van der Waals surface area contributed by atoms with E-state index in [0.717, 1.165) is 12.8 Å². The van der Waals surface area contributed by atoms with Crippen molar-refractivity contribution in [3.63, 3.8) is 0 Å². The van der Waals surface area contributed by atoms with Crippen LogP contribution in [0.15, 0.2) is 36.4 Å². The number of para-hydroxylation sites is 1. The molecule has 5 atom stereocenters. The lowest BCUT2D eigenvalue weighted by atomic mass is 9.75. The van der Waals surface area contributed by atoms with E-state index in [0.29, 0.717) is 23.2 Å². The van der Waals surface area contributed by atoms with Crippen molar-refractivity contribution < 1.29 is 9.72 Å². The Balaban J connectivity index is 1.77. The monoisotopic (exact) mass is 311 g/mol. The van der Waals surface area contributed by atoms with Gasteiger partial charge in [0.05, 0.1) is 4.92 Å². The molecule has 3 aliphatic carbocycles. The molecular weight excluding hydrogens is 290 g/mol. The van der Waals surface area contributed by atoms with Crippen LogP contribution in [0.3, 0.4) is 0 Å². The molecule has 1 aromatic carbocycles. The summed E-state index contributed by atoms with van der Waals surface area (Å²) >= 11 is 0. The molecule has 0 unspecified atom stereocenters. The summed E-state index contributed by atoms with van der Waals surface area (Å²) in [4.78, 5) is 24.0. The Kier molecular flexibility index (Phi) is 3.55. The molecule has 2 bridgehead atoms. The number of hydrogen-bond donors (Lipinski definition) is 0. The summed E-state index contributed by atoms with van der Waals surface area (Å²) in [6.07, 6.45) is 10.00. The number of carbonyl (C=O) groups is 1. The number of nitro benzene ring substituents is 1. The van der Waals surface area contributed by atoms with Gasteiger partial charge in [-0.25, -0.2) is 0 Å². The Morgan fingerprint density at radius 2 is 1.65 bits per heavy atom. The van der Waals surface area contributed by atoms with Crippen LogP contribution in [0.4, 0.5) is 5.69 Å². The first-order chi connectivity index (χ1) is 11.2. The van der Waals surface area contributed by atoms with Crippen LogP contribution in [0, 0.1) is 33.8 Å². The summed E-state index contributed by atoms with van der Waals surface area (Å²) < 4.78 is 0. The number of carbonyl (C=O) groups excluding carboxylic acids is 1. The SMILES string of the molecule is O=C1[C@@H]2[C@@H]3CCCCC[C@@H]3[C@H]1C=C[C@@H]2c1ccccc1[N+](=O)[O-]. The molecule has 120 valence electrons. The van der Waals surface area contributed by atoms with E-state index in [-0.39, 0.29) is 28.4 Å². The van der Waals surface area contributed by atoms with Crippen molar-refractivity contribution >= 4 is 11.5 Å². The van der Waals surface area contributed by atoms with Crippen molar-refractivity contribution in [1.29, 1.82) is 0 Å². The highest BCUT2D eigenvalue weighted by Crippen LogP contribution is 2.55. The summed E-state index contributed by atoms with van der Waals surface area (Å²) in [5, 5.41) is 11.4. The number of fused-ring (bicyclic) bond motifs is 5. The van der Waals surface area contributed by atoms with Crippen molar-refractivity contribution in [2.75, 3.05) is 0 Å². The van der Waals surface area contributed by atoms with E-state index in [4.69, 9.17) is 0 Å². The zero-order chi connectivity index (χ0) is 16.0. The molecule has 23 heavy (non-hydrogen) atoms. The zero-order valence-corrected chi connectivity index (χ0v) is 13.1. The number of hydrogen-bond acceptors (Lipinski definition) is 3. The van der Waals surface area contributed by atoms with Gasteiger partial charge in [-0.1, -0.05) is 49.6 Å². The van der Waals surface area contributed by atoms with Crippen LogP contribution in [0.2, 0.25) is 0 Å². The third-order valence-corrected chi connectivity index (χ3v) is 6.11. The largest absolute Gasteiger partial charge is 0.299 e. The maximum absolute atomic E-state index is 12.9. The van der Waals surface area contributed by atoms with Gasteiger partial charge in [-0.15, -0.1) is 0 Å². The molecule has 2 saturated carbocycles. The number of rotatable bonds is 2. The highest BCUT2D eigenvalue weighted by atomic mass is 16.6. The molecule has 0 amide bonds. The lowest BCUT2D eigenvalue weighted by Gasteiger charge is -2.27. The van der Waals surface area contributed by atoms with Crippen molar-refractivity contribution in [2.24, 2.45) is 23.7 Å². The maximum Gasteiger partial charge on any atom is 0.273 e. The summed E-state index contributed by atoms with van der Waals surface area (Å²) in [7, 11) is 0. The van der Waals surface area contributed by atoms with Crippen LogP contribution >= 0.6 is 0 Å². The number of nitrogens with zero attached hydrogens (tertiary/aromatic N) is 1. The van der Waals surface area contributed by atoms with Crippen LogP contribution in [-0.4, -0.2) is 10.7 Å². The van der Waals surface area contributed by atoms with E-state index < -0.39 is 0 Å². The van der Waals surface area contributed by atoms with Crippen LogP contribution in [0.25, 0.3) is 0 Å². The number of benzene rings is 1. The Morgan fingerprint density at radius 1 is 0.957 bits per heavy atom. The van der Waals surface area contributed by atoms with Gasteiger partial charge in [-0.3, -0.25) is 14.9 Å². The Morgan fingerprint density at radius 3 is 2.43 bits per heavy atom. The second-order valence-electron chi connectivity index (χ2n) is 7.15. The zero-order valence-electron chi connectivity index (χ0n) is 13.1. The average molecular weight is 311 g/mol. The third kappa shape index (κ3) is 2.23. The van der Waals surface area contributed by atoms with Crippen LogP contribution < -0.4 is 0 Å². The average Bonchev–Trinajstić information content (AvgIpc) is 2.75. The van der Waals surface area contributed by atoms with E-state index in [2.05, 4.69) is 12.2 Å². The molecule has 0 aliphatic heterocycles. The quantitative estimate of drug-likeness (QED) is 0.466. The molecule has 0 heterocycles. The molecule has 3 aliphatic rings. The van der Waals surface area contributed by atoms with Gasteiger partial charge in [0, 0.05) is 29.4 Å². The van der Waals surface area contributed by atoms with E-state index in [9.17, 15) is 14.9 Å². The van der Waals surface area contributed by atoms with Gasteiger partial charge in [-0.2, -0.15) is 0 Å². The van der Waals surface area contributed by atoms with Crippen LogP contribution in [0.5, 0.6) is 0 Å². The Hall–Kier alpha value is -1.97. The molecule has 0 saturated heterocycles. The second kappa shape index (κ2) is 5.59. The van der Waals surface area contributed by atoms with Crippen molar-refractivity contribution in [1.82, 2.24) is 0 Å².